The lowest BCUT2D eigenvalue weighted by Gasteiger charge is -2.40. The third-order valence-electron chi connectivity index (χ3n) is 7.47. The summed E-state index contributed by atoms with van der Waals surface area (Å²) >= 11 is 0. The second kappa shape index (κ2) is 9.68. The van der Waals surface area contributed by atoms with E-state index < -0.39 is 5.82 Å². The van der Waals surface area contributed by atoms with E-state index in [1.165, 1.54) is 13.2 Å². The summed E-state index contributed by atoms with van der Waals surface area (Å²) in [5, 5.41) is 6.42. The summed E-state index contributed by atoms with van der Waals surface area (Å²) in [6.45, 7) is 2.71. The molecule has 2 fully saturated rings. The van der Waals surface area contributed by atoms with Gasteiger partial charge in [0, 0.05) is 42.5 Å². The molecule has 6 rings (SSSR count). The largest absolute Gasteiger partial charge is 0.492 e. The minimum atomic E-state index is -0.493. The van der Waals surface area contributed by atoms with Gasteiger partial charge < -0.3 is 34.7 Å². The van der Waals surface area contributed by atoms with Gasteiger partial charge in [-0.25, -0.2) is 4.39 Å². The van der Waals surface area contributed by atoms with Gasteiger partial charge in [0.25, 0.3) is 5.91 Å². The quantitative estimate of drug-likeness (QED) is 0.449. The monoisotopic (exact) mass is 507 g/mol. The van der Waals surface area contributed by atoms with Crippen LogP contribution in [-0.4, -0.2) is 73.4 Å². The molecule has 0 radical (unpaired) electrons. The number of morpholine rings is 1. The Morgan fingerprint density at radius 3 is 2.97 bits per heavy atom. The highest BCUT2D eigenvalue weighted by Crippen LogP contribution is 2.48. The Kier molecular flexibility index (Phi) is 6.21. The van der Waals surface area contributed by atoms with E-state index in [1.807, 2.05) is 6.07 Å². The van der Waals surface area contributed by atoms with E-state index in [4.69, 9.17) is 14.2 Å². The summed E-state index contributed by atoms with van der Waals surface area (Å²) in [7, 11) is 3.48. The summed E-state index contributed by atoms with van der Waals surface area (Å²) in [5.41, 5.74) is 3.80. The van der Waals surface area contributed by atoms with Crippen LogP contribution in [0.1, 0.15) is 34.8 Å². The maximum Gasteiger partial charge on any atom is 0.255 e. The maximum absolute atomic E-state index is 14.5. The molecule has 3 N–H and O–H groups in total. The fraction of sp³-hybridized carbons (Fsp3) is 0.407. The summed E-state index contributed by atoms with van der Waals surface area (Å²) in [6.07, 6.45) is 5.22. The average molecular weight is 508 g/mol. The Labute approximate surface area is 214 Å². The number of anilines is 2. The van der Waals surface area contributed by atoms with Crippen LogP contribution in [0.5, 0.6) is 11.5 Å². The highest BCUT2D eigenvalue weighted by atomic mass is 19.1. The van der Waals surface area contributed by atoms with Crippen LogP contribution in [0.3, 0.4) is 0 Å². The summed E-state index contributed by atoms with van der Waals surface area (Å²) in [5.74, 6) is 0.191. The number of benzene rings is 1. The van der Waals surface area contributed by atoms with Crippen molar-refractivity contribution in [2.75, 3.05) is 45.8 Å². The van der Waals surface area contributed by atoms with Crippen LogP contribution < -0.4 is 20.1 Å². The topological polar surface area (TPSA) is 101 Å². The lowest BCUT2D eigenvalue weighted by atomic mass is 9.74. The predicted molar refractivity (Wildman–Crippen MR) is 136 cm³/mol. The van der Waals surface area contributed by atoms with Crippen LogP contribution in [0.2, 0.25) is 0 Å². The van der Waals surface area contributed by atoms with E-state index in [1.54, 1.807) is 24.5 Å². The molecule has 9 nitrogen and oxygen atoms in total. The Morgan fingerprint density at radius 2 is 2.19 bits per heavy atom. The number of hydrogen-bond donors (Lipinski definition) is 3. The first kappa shape index (κ1) is 23.7. The minimum Gasteiger partial charge on any atom is -0.492 e. The molecule has 3 aliphatic rings. The molecule has 194 valence electrons. The third kappa shape index (κ3) is 4.30. The highest BCUT2D eigenvalue weighted by molar-refractivity contribution is 6.07. The number of ether oxygens (including phenoxy) is 3. The molecule has 3 atom stereocenters. The molecule has 37 heavy (non-hydrogen) atoms. The van der Waals surface area contributed by atoms with Crippen molar-refractivity contribution < 1.29 is 23.4 Å². The Morgan fingerprint density at radius 1 is 1.30 bits per heavy atom. The number of likely N-dealkylation sites (N-methyl/N-ethyl adjacent to an activating group) is 1. The lowest BCUT2D eigenvalue weighted by Crippen LogP contribution is -2.49. The second-order valence-corrected chi connectivity index (χ2v) is 9.81. The SMILES string of the molecule is COc1c(F)cccc1Nc1c(-c2ccncc2OC[C@@H]2CN(C)CCO2)[nH]c2c1C(=O)N[C@H]1CC[C@@H]21. The number of carbonyl (C=O) groups is 1. The lowest BCUT2D eigenvalue weighted by molar-refractivity contribution is -0.0403. The van der Waals surface area contributed by atoms with Gasteiger partial charge in [-0.15, -0.1) is 0 Å². The molecule has 2 aromatic heterocycles. The number of halogens is 1. The second-order valence-electron chi connectivity index (χ2n) is 9.81. The van der Waals surface area contributed by atoms with E-state index in [0.717, 1.165) is 37.2 Å². The fourth-order valence-corrected chi connectivity index (χ4v) is 5.42. The van der Waals surface area contributed by atoms with Crippen molar-refractivity contribution in [3.63, 3.8) is 0 Å². The van der Waals surface area contributed by atoms with Crippen molar-refractivity contribution in [1.29, 1.82) is 0 Å². The van der Waals surface area contributed by atoms with Crippen LogP contribution in [-0.2, 0) is 4.74 Å². The molecule has 10 heteroatoms. The molecule has 2 aliphatic heterocycles. The number of nitrogens with one attached hydrogen (secondary N) is 3. The smallest absolute Gasteiger partial charge is 0.255 e. The zero-order valence-electron chi connectivity index (χ0n) is 20.8. The van der Waals surface area contributed by atoms with Gasteiger partial charge in [-0.2, -0.15) is 0 Å². The van der Waals surface area contributed by atoms with Crippen LogP contribution in [0.4, 0.5) is 15.8 Å². The van der Waals surface area contributed by atoms with Crippen LogP contribution >= 0.6 is 0 Å². The molecule has 1 saturated carbocycles. The van der Waals surface area contributed by atoms with Gasteiger partial charge in [0.2, 0.25) is 0 Å². The number of fused-ring (bicyclic) bond motifs is 3. The first-order valence-electron chi connectivity index (χ1n) is 12.6. The third-order valence-corrected chi connectivity index (χ3v) is 7.47. The van der Waals surface area contributed by atoms with E-state index in [9.17, 15) is 9.18 Å². The number of hydrogen-bond acceptors (Lipinski definition) is 7. The van der Waals surface area contributed by atoms with Crippen molar-refractivity contribution >= 4 is 17.3 Å². The number of H-pyrrole nitrogens is 1. The molecule has 3 aromatic rings. The minimum absolute atomic E-state index is 0.0562. The number of methoxy groups -OCH3 is 1. The molecule has 0 spiro atoms. The van der Waals surface area contributed by atoms with E-state index in [0.29, 0.717) is 41.6 Å². The predicted octanol–water partition coefficient (Wildman–Crippen LogP) is 3.67. The number of amides is 1. The van der Waals surface area contributed by atoms with Gasteiger partial charge in [-0.1, -0.05) is 6.07 Å². The summed E-state index contributed by atoms with van der Waals surface area (Å²) < 4.78 is 31.9. The fourth-order valence-electron chi connectivity index (χ4n) is 5.42. The molecule has 4 heterocycles. The molecule has 1 amide bonds. The van der Waals surface area contributed by atoms with Gasteiger partial charge in [0.15, 0.2) is 11.6 Å². The zero-order valence-corrected chi connectivity index (χ0v) is 20.8. The molecular formula is C27H30FN5O4. The van der Waals surface area contributed by atoms with E-state index >= 15 is 0 Å². The first-order valence-corrected chi connectivity index (χ1v) is 12.6. The van der Waals surface area contributed by atoms with Crippen molar-refractivity contribution in [3.05, 3.63) is 53.7 Å². The van der Waals surface area contributed by atoms with Crippen molar-refractivity contribution in [1.82, 2.24) is 20.2 Å². The summed E-state index contributed by atoms with van der Waals surface area (Å²) in [6, 6.07) is 6.63. The Hall–Kier alpha value is -3.63. The number of rotatable bonds is 7. The molecule has 1 aromatic carbocycles. The number of carbonyl (C=O) groups excluding carboxylic acids is 1. The molecule has 1 aliphatic carbocycles. The van der Waals surface area contributed by atoms with E-state index in [2.05, 4.69) is 32.5 Å². The van der Waals surface area contributed by atoms with Crippen LogP contribution in [0, 0.1) is 5.82 Å². The standard InChI is InChI=1S/C27H30FN5O4/c1-33-10-11-36-15(13-33)14-37-21-12-29-9-8-17(21)24-25(30-20-5-3-4-18(28)26(20)35-2)22-23(32-24)16-6-7-19(16)31-27(22)34/h3-5,8-9,12,15-16,19,30,32H,6-7,10-11,13-14H2,1-2H3,(H,31,34)/t15-,16+,19-/m0/s1. The number of aromatic amines is 1. The normalized spacial score (nSPS) is 22.9. The van der Waals surface area contributed by atoms with Crippen LogP contribution in [0.25, 0.3) is 11.3 Å². The molecular weight excluding hydrogens is 477 g/mol. The Balaban J connectivity index is 1.41. The zero-order chi connectivity index (χ0) is 25.5. The average Bonchev–Trinajstić information content (AvgIpc) is 3.23. The Bertz CT molecular complexity index is 1330. The molecule has 0 unspecified atom stereocenters. The van der Waals surface area contributed by atoms with Gasteiger partial charge in [0.1, 0.15) is 18.5 Å². The van der Waals surface area contributed by atoms with Gasteiger partial charge in [0.05, 0.1) is 42.5 Å². The van der Waals surface area contributed by atoms with Crippen molar-refractivity contribution in [2.45, 2.75) is 30.9 Å². The number of para-hydroxylation sites is 1. The number of aromatic nitrogens is 2. The maximum atomic E-state index is 14.5. The van der Waals surface area contributed by atoms with Crippen molar-refractivity contribution in [3.8, 4) is 22.8 Å². The first-order chi connectivity index (χ1) is 18.0. The summed E-state index contributed by atoms with van der Waals surface area (Å²) in [4.78, 5) is 23.3. The van der Waals surface area contributed by atoms with Gasteiger partial charge in [-0.05, 0) is 38.1 Å². The highest BCUT2D eigenvalue weighted by Gasteiger charge is 2.43. The number of nitrogens with zero attached hydrogens (tertiary/aromatic N) is 2. The number of pyridine rings is 1. The van der Waals surface area contributed by atoms with Gasteiger partial charge in [-0.3, -0.25) is 9.78 Å². The van der Waals surface area contributed by atoms with E-state index in [-0.39, 0.29) is 29.7 Å². The molecule has 0 bridgehead atoms. The van der Waals surface area contributed by atoms with Gasteiger partial charge >= 0.3 is 0 Å². The van der Waals surface area contributed by atoms with Crippen LogP contribution in [0.15, 0.2) is 36.7 Å². The van der Waals surface area contributed by atoms with Crippen molar-refractivity contribution in [2.24, 2.45) is 0 Å². The molecule has 1 saturated heterocycles.